The molecule has 1 aliphatic heterocycles. The summed E-state index contributed by atoms with van der Waals surface area (Å²) in [6.45, 7) is 3.20. The molecule has 2 nitrogen and oxygen atoms in total. The lowest BCUT2D eigenvalue weighted by atomic mass is 10.0. The van der Waals surface area contributed by atoms with E-state index in [2.05, 4.69) is 4.90 Å². The molecule has 0 aromatic rings. The first kappa shape index (κ1) is 14.4. The Kier molecular flexibility index (Phi) is 3.95. The van der Waals surface area contributed by atoms with Crippen LogP contribution >= 0.6 is 0 Å². The predicted octanol–water partition coefficient (Wildman–Crippen LogP) is 3.03. The van der Waals surface area contributed by atoms with Crippen LogP contribution in [0.15, 0.2) is 23.4 Å². The van der Waals surface area contributed by atoms with Crippen LogP contribution in [0.5, 0.6) is 0 Å². The molecule has 1 aliphatic carbocycles. The fourth-order valence-corrected chi connectivity index (χ4v) is 2.87. The van der Waals surface area contributed by atoms with Gasteiger partial charge in [-0.1, -0.05) is 19.1 Å². The lowest BCUT2D eigenvalue weighted by Crippen LogP contribution is -2.42. The fourth-order valence-electron chi connectivity index (χ4n) is 2.87. The van der Waals surface area contributed by atoms with E-state index in [-0.39, 0.29) is 5.92 Å². The lowest BCUT2D eigenvalue weighted by molar-refractivity contribution is -0.0916. The van der Waals surface area contributed by atoms with Gasteiger partial charge < -0.3 is 9.80 Å². The number of hydrogen-bond donors (Lipinski definition) is 0. The van der Waals surface area contributed by atoms with E-state index in [0.717, 1.165) is 12.8 Å². The Hall–Kier alpha value is -0.970. The number of allylic oxidation sites excluding steroid dienone is 3. The molecule has 19 heavy (non-hydrogen) atoms. The zero-order chi connectivity index (χ0) is 14.2. The van der Waals surface area contributed by atoms with Crippen molar-refractivity contribution in [3.05, 3.63) is 23.4 Å². The van der Waals surface area contributed by atoms with Gasteiger partial charge in [0.2, 0.25) is 0 Å². The van der Waals surface area contributed by atoms with E-state index in [0.29, 0.717) is 24.8 Å². The summed E-state index contributed by atoms with van der Waals surface area (Å²) in [5, 5.41) is 0. The highest BCUT2D eigenvalue weighted by molar-refractivity contribution is 5.41. The second-order valence-corrected chi connectivity index (χ2v) is 5.67. The van der Waals surface area contributed by atoms with Crippen LogP contribution in [0.1, 0.15) is 19.8 Å². The van der Waals surface area contributed by atoms with Gasteiger partial charge in [0.05, 0.1) is 5.57 Å². The smallest absolute Gasteiger partial charge is 0.371 e. The Bertz CT molecular complexity index is 388. The number of hydrogen-bond acceptors (Lipinski definition) is 2. The zero-order valence-corrected chi connectivity index (χ0v) is 11.7. The summed E-state index contributed by atoms with van der Waals surface area (Å²) in [6, 6.07) is 0.481. The third-order valence-corrected chi connectivity index (χ3v) is 3.97. The van der Waals surface area contributed by atoms with Crippen LogP contribution in [0.25, 0.3) is 0 Å². The van der Waals surface area contributed by atoms with Crippen molar-refractivity contribution in [3.8, 4) is 0 Å². The molecule has 0 spiro atoms. The van der Waals surface area contributed by atoms with Crippen molar-refractivity contribution in [1.82, 2.24) is 9.80 Å². The lowest BCUT2D eigenvalue weighted by Gasteiger charge is -2.37. The van der Waals surface area contributed by atoms with Crippen molar-refractivity contribution in [2.45, 2.75) is 32.0 Å². The molecule has 0 N–H and O–H groups in total. The van der Waals surface area contributed by atoms with Gasteiger partial charge in [0, 0.05) is 24.8 Å². The van der Waals surface area contributed by atoms with E-state index in [9.17, 15) is 13.2 Å². The molecule has 2 aliphatic rings. The summed E-state index contributed by atoms with van der Waals surface area (Å²) in [4.78, 5) is 4.05. The maximum atomic E-state index is 13.0. The molecule has 0 bridgehead atoms. The van der Waals surface area contributed by atoms with Crippen LogP contribution in [-0.4, -0.2) is 49.2 Å². The van der Waals surface area contributed by atoms with Gasteiger partial charge in [0.15, 0.2) is 0 Å². The molecule has 1 fully saturated rings. The summed E-state index contributed by atoms with van der Waals surface area (Å²) in [5.41, 5.74) is -0.0690. The summed E-state index contributed by atoms with van der Waals surface area (Å²) in [5.74, 6) is -0.127. The van der Waals surface area contributed by atoms with Crippen LogP contribution in [0.3, 0.4) is 0 Å². The maximum Gasteiger partial charge on any atom is 0.418 e. The summed E-state index contributed by atoms with van der Waals surface area (Å²) in [6.07, 6.45) is 0.662. The molecule has 1 saturated heterocycles. The number of nitrogens with zero attached hydrogens (tertiary/aromatic N) is 2. The minimum Gasteiger partial charge on any atom is -0.371 e. The quantitative estimate of drug-likeness (QED) is 0.763. The van der Waals surface area contributed by atoms with Gasteiger partial charge in [-0.05, 0) is 32.9 Å². The highest BCUT2D eigenvalue weighted by Gasteiger charge is 2.40. The first-order valence-corrected chi connectivity index (χ1v) is 6.71. The van der Waals surface area contributed by atoms with E-state index in [1.54, 1.807) is 13.0 Å². The van der Waals surface area contributed by atoms with Crippen LogP contribution in [-0.2, 0) is 0 Å². The number of alkyl halides is 3. The van der Waals surface area contributed by atoms with E-state index in [1.807, 2.05) is 19.0 Å². The van der Waals surface area contributed by atoms with Crippen molar-refractivity contribution in [2.75, 3.05) is 27.2 Å². The van der Waals surface area contributed by atoms with Gasteiger partial charge in [-0.3, -0.25) is 0 Å². The Morgan fingerprint density at radius 1 is 1.16 bits per heavy atom. The monoisotopic (exact) mass is 274 g/mol. The molecule has 0 saturated carbocycles. The molecule has 1 atom stereocenters. The Morgan fingerprint density at radius 2 is 1.74 bits per heavy atom. The van der Waals surface area contributed by atoms with E-state index < -0.39 is 11.7 Å². The van der Waals surface area contributed by atoms with Crippen molar-refractivity contribution < 1.29 is 13.2 Å². The van der Waals surface area contributed by atoms with E-state index in [1.165, 1.54) is 6.08 Å². The third-order valence-electron chi connectivity index (χ3n) is 3.97. The van der Waals surface area contributed by atoms with Crippen molar-refractivity contribution >= 4 is 0 Å². The van der Waals surface area contributed by atoms with Crippen LogP contribution < -0.4 is 0 Å². The molecule has 1 heterocycles. The summed E-state index contributed by atoms with van der Waals surface area (Å²) >= 11 is 0. The first-order valence-electron chi connectivity index (χ1n) is 6.71. The zero-order valence-electron chi connectivity index (χ0n) is 11.7. The van der Waals surface area contributed by atoms with Crippen LogP contribution in [0.4, 0.5) is 13.2 Å². The number of piperidine rings is 1. The van der Waals surface area contributed by atoms with Crippen molar-refractivity contribution in [3.63, 3.8) is 0 Å². The Balaban J connectivity index is 2.07. The first-order chi connectivity index (χ1) is 8.79. The molecule has 2 rings (SSSR count). The Labute approximate surface area is 112 Å². The van der Waals surface area contributed by atoms with Gasteiger partial charge in [-0.15, -0.1) is 0 Å². The molecule has 0 aromatic heterocycles. The van der Waals surface area contributed by atoms with E-state index in [4.69, 9.17) is 0 Å². The van der Waals surface area contributed by atoms with Gasteiger partial charge in [-0.2, -0.15) is 13.2 Å². The van der Waals surface area contributed by atoms with Gasteiger partial charge in [0.1, 0.15) is 0 Å². The molecular weight excluding hydrogens is 253 g/mol. The average molecular weight is 274 g/mol. The van der Waals surface area contributed by atoms with Gasteiger partial charge >= 0.3 is 6.18 Å². The molecule has 108 valence electrons. The topological polar surface area (TPSA) is 6.48 Å². The molecule has 0 amide bonds. The maximum absolute atomic E-state index is 13.0. The number of rotatable bonds is 2. The second kappa shape index (κ2) is 5.19. The predicted molar refractivity (Wildman–Crippen MR) is 69.7 cm³/mol. The minimum atomic E-state index is -4.24. The van der Waals surface area contributed by atoms with Crippen LogP contribution in [0.2, 0.25) is 0 Å². The van der Waals surface area contributed by atoms with E-state index >= 15 is 0 Å². The SMILES string of the molecule is CC1C=C(N2CCC(N(C)C)CC2)C(C(F)(F)F)=C1. The van der Waals surface area contributed by atoms with Gasteiger partial charge in [-0.25, -0.2) is 0 Å². The number of likely N-dealkylation sites (tertiary alicyclic amines) is 1. The largest absolute Gasteiger partial charge is 0.418 e. The van der Waals surface area contributed by atoms with Crippen molar-refractivity contribution in [1.29, 1.82) is 0 Å². The minimum absolute atomic E-state index is 0.127. The molecular formula is C14H21F3N2. The Morgan fingerprint density at radius 3 is 2.21 bits per heavy atom. The third kappa shape index (κ3) is 3.14. The van der Waals surface area contributed by atoms with Gasteiger partial charge in [0.25, 0.3) is 0 Å². The highest BCUT2D eigenvalue weighted by atomic mass is 19.4. The average Bonchev–Trinajstić information content (AvgIpc) is 2.71. The molecule has 5 heteroatoms. The molecule has 0 radical (unpaired) electrons. The highest BCUT2D eigenvalue weighted by Crippen LogP contribution is 2.39. The summed E-state index contributed by atoms with van der Waals surface area (Å²) in [7, 11) is 4.05. The standard InChI is InChI=1S/C14H21F3N2/c1-10-8-12(14(15,16)17)13(9-10)19-6-4-11(5-7-19)18(2)3/h8-11H,4-7H2,1-3H3. The fraction of sp³-hybridized carbons (Fsp3) is 0.714. The summed E-state index contributed by atoms with van der Waals surface area (Å²) < 4.78 is 39.0. The second-order valence-electron chi connectivity index (χ2n) is 5.67. The molecule has 1 unspecified atom stereocenters. The molecule has 0 aromatic carbocycles. The number of halogens is 3. The normalized spacial score (nSPS) is 25.8. The van der Waals surface area contributed by atoms with Crippen molar-refractivity contribution in [2.24, 2.45) is 5.92 Å². The van der Waals surface area contributed by atoms with Crippen LogP contribution in [0, 0.1) is 5.92 Å².